The summed E-state index contributed by atoms with van der Waals surface area (Å²) in [5.41, 5.74) is 5.12. The van der Waals surface area contributed by atoms with Crippen molar-refractivity contribution in [1.29, 1.82) is 0 Å². The minimum absolute atomic E-state index is 0.00337. The molecule has 0 aromatic rings. The van der Waals surface area contributed by atoms with Gasteiger partial charge in [0.1, 0.15) is 12.8 Å². The number of carbonyl (C=O) groups excluding carboxylic acids is 2. The monoisotopic (exact) mass is 289 g/mol. The first-order valence-electron chi connectivity index (χ1n) is 6.97. The Morgan fingerprint density at radius 1 is 1.55 bits per heavy atom. The highest BCUT2D eigenvalue weighted by molar-refractivity contribution is 5.77. The predicted octanol–water partition coefficient (Wildman–Crippen LogP) is -0.185. The van der Waals surface area contributed by atoms with Gasteiger partial charge in [-0.15, -0.1) is 0 Å². The molecule has 116 valence electrons. The van der Waals surface area contributed by atoms with Crippen molar-refractivity contribution >= 4 is 11.8 Å². The standard InChI is InChI=1S/C13H24FN3O3/c1-3-9(2)20-8-13(19)16-5-11-4-10(14)6-17(11)7-12(15)18/h9-11H,3-8H2,1-2H3,(H2,15,18)(H,16,19)/t9-,10-,11-/m0/s1. The maximum absolute atomic E-state index is 13.4. The second-order valence-electron chi connectivity index (χ2n) is 5.22. The first-order chi connectivity index (χ1) is 9.42. The Labute approximate surface area is 118 Å². The third kappa shape index (κ3) is 5.83. The lowest BCUT2D eigenvalue weighted by molar-refractivity contribution is -0.127. The van der Waals surface area contributed by atoms with Gasteiger partial charge in [-0.3, -0.25) is 14.5 Å². The van der Waals surface area contributed by atoms with Crippen molar-refractivity contribution in [3.8, 4) is 0 Å². The van der Waals surface area contributed by atoms with E-state index in [1.165, 1.54) is 0 Å². The summed E-state index contributed by atoms with van der Waals surface area (Å²) in [7, 11) is 0. The third-order valence-corrected chi connectivity index (χ3v) is 3.44. The van der Waals surface area contributed by atoms with Gasteiger partial charge in [0.15, 0.2) is 0 Å². The number of primary amides is 1. The number of halogens is 1. The Morgan fingerprint density at radius 3 is 2.85 bits per heavy atom. The molecular weight excluding hydrogens is 265 g/mol. The van der Waals surface area contributed by atoms with Crippen LogP contribution in [0.2, 0.25) is 0 Å². The number of nitrogens with one attached hydrogen (secondary N) is 1. The van der Waals surface area contributed by atoms with E-state index in [0.717, 1.165) is 6.42 Å². The van der Waals surface area contributed by atoms with Crippen LogP contribution in [0.5, 0.6) is 0 Å². The number of hydrogen-bond acceptors (Lipinski definition) is 4. The number of likely N-dealkylation sites (tertiary alicyclic amines) is 1. The summed E-state index contributed by atoms with van der Waals surface area (Å²) in [4.78, 5) is 24.2. The van der Waals surface area contributed by atoms with Gasteiger partial charge in [-0.1, -0.05) is 6.92 Å². The summed E-state index contributed by atoms with van der Waals surface area (Å²) < 4.78 is 18.7. The average Bonchev–Trinajstić information content (AvgIpc) is 2.72. The molecule has 1 rings (SSSR count). The van der Waals surface area contributed by atoms with Gasteiger partial charge < -0.3 is 15.8 Å². The van der Waals surface area contributed by atoms with Crippen LogP contribution in [-0.4, -0.2) is 61.3 Å². The molecule has 0 radical (unpaired) electrons. The average molecular weight is 289 g/mol. The maximum Gasteiger partial charge on any atom is 0.246 e. The maximum atomic E-state index is 13.4. The SMILES string of the molecule is CC[C@H](C)OCC(=O)NC[C@@H]1C[C@H](F)CN1CC(N)=O. The summed E-state index contributed by atoms with van der Waals surface area (Å²) in [5.74, 6) is -0.720. The lowest BCUT2D eigenvalue weighted by Gasteiger charge is -2.22. The predicted molar refractivity (Wildman–Crippen MR) is 72.8 cm³/mol. The Hall–Kier alpha value is -1.21. The van der Waals surface area contributed by atoms with Crippen LogP contribution in [0.15, 0.2) is 0 Å². The van der Waals surface area contributed by atoms with Gasteiger partial charge in [0.2, 0.25) is 11.8 Å². The first kappa shape index (κ1) is 16.8. The van der Waals surface area contributed by atoms with Crippen LogP contribution in [0.3, 0.4) is 0 Å². The van der Waals surface area contributed by atoms with Gasteiger partial charge in [0, 0.05) is 19.1 Å². The highest BCUT2D eigenvalue weighted by Crippen LogP contribution is 2.19. The van der Waals surface area contributed by atoms with Gasteiger partial charge in [-0.25, -0.2) is 4.39 Å². The van der Waals surface area contributed by atoms with Crippen molar-refractivity contribution in [2.75, 3.05) is 26.2 Å². The molecule has 1 saturated heterocycles. The normalized spacial score (nSPS) is 24.6. The van der Waals surface area contributed by atoms with Crippen molar-refractivity contribution in [1.82, 2.24) is 10.2 Å². The number of amides is 2. The topological polar surface area (TPSA) is 84.7 Å². The number of nitrogens with two attached hydrogens (primary N) is 1. The van der Waals surface area contributed by atoms with E-state index in [-0.39, 0.29) is 37.7 Å². The molecule has 0 bridgehead atoms. The number of alkyl halides is 1. The molecule has 1 heterocycles. The molecule has 7 heteroatoms. The summed E-state index contributed by atoms with van der Waals surface area (Å²) in [6, 6.07) is -0.190. The Kier molecular flexibility index (Phi) is 6.87. The number of carbonyl (C=O) groups is 2. The molecule has 3 atom stereocenters. The number of rotatable bonds is 8. The second-order valence-corrected chi connectivity index (χ2v) is 5.22. The Bertz CT molecular complexity index is 341. The molecule has 1 aliphatic rings. The van der Waals surface area contributed by atoms with Crippen LogP contribution in [0, 0.1) is 0 Å². The molecule has 0 aromatic carbocycles. The van der Waals surface area contributed by atoms with Crippen molar-refractivity contribution < 1.29 is 18.7 Å². The first-order valence-corrected chi connectivity index (χ1v) is 6.97. The zero-order chi connectivity index (χ0) is 15.1. The van der Waals surface area contributed by atoms with Gasteiger partial charge in [0.25, 0.3) is 0 Å². The highest BCUT2D eigenvalue weighted by atomic mass is 19.1. The van der Waals surface area contributed by atoms with E-state index in [0.29, 0.717) is 13.0 Å². The van der Waals surface area contributed by atoms with Gasteiger partial charge in [-0.2, -0.15) is 0 Å². The summed E-state index contributed by atoms with van der Waals surface area (Å²) in [6.07, 6.45) is 0.201. The fourth-order valence-electron chi connectivity index (χ4n) is 2.15. The van der Waals surface area contributed by atoms with E-state index < -0.39 is 12.1 Å². The molecule has 0 saturated carbocycles. The highest BCUT2D eigenvalue weighted by Gasteiger charge is 2.32. The zero-order valence-electron chi connectivity index (χ0n) is 12.1. The summed E-state index contributed by atoms with van der Waals surface area (Å²) >= 11 is 0. The summed E-state index contributed by atoms with van der Waals surface area (Å²) in [5, 5.41) is 2.70. The van der Waals surface area contributed by atoms with Crippen LogP contribution in [-0.2, 0) is 14.3 Å². The van der Waals surface area contributed by atoms with Crippen LogP contribution in [0.25, 0.3) is 0 Å². The van der Waals surface area contributed by atoms with Crippen LogP contribution >= 0.6 is 0 Å². The van der Waals surface area contributed by atoms with Crippen molar-refractivity contribution in [3.63, 3.8) is 0 Å². The molecule has 1 aliphatic heterocycles. The number of ether oxygens (including phenoxy) is 1. The van der Waals surface area contributed by atoms with Crippen LogP contribution < -0.4 is 11.1 Å². The minimum Gasteiger partial charge on any atom is -0.369 e. The van der Waals surface area contributed by atoms with Gasteiger partial charge in [0.05, 0.1) is 12.6 Å². The Balaban J connectivity index is 2.31. The van der Waals surface area contributed by atoms with Crippen LogP contribution in [0.4, 0.5) is 4.39 Å². The molecule has 0 aliphatic carbocycles. The quantitative estimate of drug-likeness (QED) is 0.649. The fraction of sp³-hybridized carbons (Fsp3) is 0.846. The second kappa shape index (κ2) is 8.16. The van der Waals surface area contributed by atoms with Gasteiger partial charge in [-0.05, 0) is 19.8 Å². The largest absolute Gasteiger partial charge is 0.369 e. The fourth-order valence-corrected chi connectivity index (χ4v) is 2.15. The molecule has 0 unspecified atom stereocenters. The molecule has 20 heavy (non-hydrogen) atoms. The van der Waals surface area contributed by atoms with Gasteiger partial charge >= 0.3 is 0 Å². The molecule has 0 spiro atoms. The van der Waals surface area contributed by atoms with E-state index in [9.17, 15) is 14.0 Å². The number of nitrogens with zero attached hydrogens (tertiary/aromatic N) is 1. The minimum atomic E-state index is -0.979. The van der Waals surface area contributed by atoms with E-state index in [2.05, 4.69) is 5.32 Å². The molecule has 3 N–H and O–H groups in total. The van der Waals surface area contributed by atoms with E-state index in [1.807, 2.05) is 13.8 Å². The molecule has 2 amide bonds. The molecule has 1 fully saturated rings. The Morgan fingerprint density at radius 2 is 2.25 bits per heavy atom. The van der Waals surface area contributed by atoms with Crippen molar-refractivity contribution in [2.24, 2.45) is 5.73 Å². The number of hydrogen-bond donors (Lipinski definition) is 2. The lowest BCUT2D eigenvalue weighted by atomic mass is 10.2. The smallest absolute Gasteiger partial charge is 0.246 e. The summed E-state index contributed by atoms with van der Waals surface area (Å²) in [6.45, 7) is 4.38. The molecule has 6 nitrogen and oxygen atoms in total. The van der Waals surface area contributed by atoms with E-state index >= 15 is 0 Å². The molecular formula is C13H24FN3O3. The van der Waals surface area contributed by atoms with E-state index in [1.54, 1.807) is 4.90 Å². The lowest BCUT2D eigenvalue weighted by Crippen LogP contribution is -2.44. The van der Waals surface area contributed by atoms with Crippen molar-refractivity contribution in [3.05, 3.63) is 0 Å². The van der Waals surface area contributed by atoms with E-state index in [4.69, 9.17) is 10.5 Å². The van der Waals surface area contributed by atoms with Crippen LogP contribution in [0.1, 0.15) is 26.7 Å². The third-order valence-electron chi connectivity index (χ3n) is 3.44. The van der Waals surface area contributed by atoms with Crippen molar-refractivity contribution in [2.45, 2.75) is 45.0 Å². The zero-order valence-corrected chi connectivity index (χ0v) is 12.1. The molecule has 0 aromatic heterocycles.